The zero-order valence-corrected chi connectivity index (χ0v) is 9.69. The molecule has 1 aliphatic heterocycles. The number of aromatic nitrogens is 3. The number of halogens is 1. The SMILES string of the molecule is Clc1cn2nccc2c(N2CCCCC2)n1. The van der Waals surface area contributed by atoms with Gasteiger partial charge in [-0.25, -0.2) is 9.50 Å². The molecule has 0 atom stereocenters. The molecule has 5 heteroatoms. The van der Waals surface area contributed by atoms with Crippen LogP contribution in [-0.4, -0.2) is 27.7 Å². The van der Waals surface area contributed by atoms with Gasteiger partial charge in [0, 0.05) is 13.1 Å². The average Bonchev–Trinajstić information content (AvgIpc) is 2.77. The molecule has 0 unspecified atom stereocenters. The van der Waals surface area contributed by atoms with Crippen LogP contribution in [0.1, 0.15) is 19.3 Å². The first-order valence-electron chi connectivity index (χ1n) is 5.59. The van der Waals surface area contributed by atoms with Crippen LogP contribution in [0.3, 0.4) is 0 Å². The Bertz CT molecular complexity index is 502. The van der Waals surface area contributed by atoms with Gasteiger partial charge in [-0.3, -0.25) is 0 Å². The molecule has 0 bridgehead atoms. The second-order valence-electron chi connectivity index (χ2n) is 4.10. The Labute approximate surface area is 98.8 Å². The number of hydrogen-bond acceptors (Lipinski definition) is 3. The van der Waals surface area contributed by atoms with Crippen molar-refractivity contribution in [2.24, 2.45) is 0 Å². The Balaban J connectivity index is 2.09. The van der Waals surface area contributed by atoms with E-state index in [-0.39, 0.29) is 0 Å². The number of nitrogens with zero attached hydrogens (tertiary/aromatic N) is 4. The molecule has 1 aliphatic rings. The Morgan fingerprint density at radius 2 is 2.00 bits per heavy atom. The highest BCUT2D eigenvalue weighted by molar-refractivity contribution is 6.29. The van der Waals surface area contributed by atoms with Crippen LogP contribution in [0.15, 0.2) is 18.5 Å². The smallest absolute Gasteiger partial charge is 0.156 e. The molecule has 0 N–H and O–H groups in total. The van der Waals surface area contributed by atoms with E-state index in [4.69, 9.17) is 11.6 Å². The van der Waals surface area contributed by atoms with Crippen LogP contribution in [0.2, 0.25) is 5.15 Å². The molecule has 0 radical (unpaired) electrons. The van der Waals surface area contributed by atoms with Gasteiger partial charge < -0.3 is 4.90 Å². The Kier molecular flexibility index (Phi) is 2.44. The lowest BCUT2D eigenvalue weighted by Gasteiger charge is -2.28. The summed E-state index contributed by atoms with van der Waals surface area (Å²) in [6.45, 7) is 2.13. The summed E-state index contributed by atoms with van der Waals surface area (Å²) in [5.74, 6) is 0.963. The van der Waals surface area contributed by atoms with Gasteiger partial charge in [0.05, 0.1) is 12.4 Å². The van der Waals surface area contributed by atoms with E-state index in [2.05, 4.69) is 15.0 Å². The van der Waals surface area contributed by atoms with E-state index in [1.807, 2.05) is 6.07 Å². The Hall–Kier alpha value is -1.29. The Morgan fingerprint density at radius 1 is 1.19 bits per heavy atom. The van der Waals surface area contributed by atoms with Gasteiger partial charge in [-0.15, -0.1) is 0 Å². The highest BCUT2D eigenvalue weighted by Crippen LogP contribution is 2.24. The van der Waals surface area contributed by atoms with Crippen molar-refractivity contribution in [1.82, 2.24) is 14.6 Å². The van der Waals surface area contributed by atoms with Gasteiger partial charge in [0.1, 0.15) is 10.7 Å². The molecule has 3 rings (SSSR count). The maximum atomic E-state index is 6.00. The van der Waals surface area contributed by atoms with Crippen LogP contribution in [0, 0.1) is 0 Å². The fourth-order valence-electron chi connectivity index (χ4n) is 2.22. The number of anilines is 1. The largest absolute Gasteiger partial charge is 0.355 e. The molecule has 1 saturated heterocycles. The van der Waals surface area contributed by atoms with Crippen molar-refractivity contribution >= 4 is 22.9 Å². The third kappa shape index (κ3) is 1.63. The summed E-state index contributed by atoms with van der Waals surface area (Å²) < 4.78 is 1.79. The lowest BCUT2D eigenvalue weighted by Crippen LogP contribution is -2.30. The van der Waals surface area contributed by atoms with E-state index in [9.17, 15) is 0 Å². The number of fused-ring (bicyclic) bond motifs is 1. The number of rotatable bonds is 1. The third-order valence-corrected chi connectivity index (χ3v) is 3.18. The third-order valence-electron chi connectivity index (χ3n) is 3.00. The zero-order valence-electron chi connectivity index (χ0n) is 8.93. The summed E-state index contributed by atoms with van der Waals surface area (Å²) in [7, 11) is 0. The molecule has 1 fully saturated rings. The molecule has 84 valence electrons. The molecule has 2 aromatic rings. The van der Waals surface area contributed by atoms with Gasteiger partial charge in [-0.1, -0.05) is 11.6 Å². The second kappa shape index (κ2) is 3.94. The lowest BCUT2D eigenvalue weighted by molar-refractivity contribution is 0.574. The van der Waals surface area contributed by atoms with E-state index in [0.29, 0.717) is 5.15 Å². The van der Waals surface area contributed by atoms with E-state index >= 15 is 0 Å². The quantitative estimate of drug-likeness (QED) is 0.762. The molecule has 16 heavy (non-hydrogen) atoms. The molecule has 0 aromatic carbocycles. The van der Waals surface area contributed by atoms with E-state index in [0.717, 1.165) is 24.4 Å². The maximum absolute atomic E-state index is 6.00. The zero-order chi connectivity index (χ0) is 11.0. The first-order valence-corrected chi connectivity index (χ1v) is 5.97. The van der Waals surface area contributed by atoms with Crippen molar-refractivity contribution in [1.29, 1.82) is 0 Å². The predicted octanol–water partition coefficient (Wildman–Crippen LogP) is 2.37. The van der Waals surface area contributed by atoms with Crippen LogP contribution in [0.5, 0.6) is 0 Å². The first kappa shape index (κ1) is 9.90. The molecule has 3 heterocycles. The van der Waals surface area contributed by atoms with Crippen molar-refractivity contribution in [3.05, 3.63) is 23.6 Å². The van der Waals surface area contributed by atoms with Gasteiger partial charge >= 0.3 is 0 Å². The van der Waals surface area contributed by atoms with E-state index in [1.165, 1.54) is 19.3 Å². The van der Waals surface area contributed by atoms with Crippen molar-refractivity contribution in [3.63, 3.8) is 0 Å². The summed E-state index contributed by atoms with van der Waals surface area (Å²) in [6.07, 6.45) is 7.29. The number of piperidine rings is 1. The summed E-state index contributed by atoms with van der Waals surface area (Å²) in [6, 6.07) is 1.98. The fraction of sp³-hybridized carbons (Fsp3) is 0.455. The van der Waals surface area contributed by atoms with Gasteiger partial charge in [-0.2, -0.15) is 5.10 Å². The molecule has 2 aromatic heterocycles. The van der Waals surface area contributed by atoms with E-state index in [1.54, 1.807) is 16.9 Å². The van der Waals surface area contributed by atoms with Crippen molar-refractivity contribution in [2.45, 2.75) is 19.3 Å². The minimum absolute atomic E-state index is 0.497. The second-order valence-corrected chi connectivity index (χ2v) is 4.48. The molecule has 0 saturated carbocycles. The van der Waals surface area contributed by atoms with Crippen LogP contribution in [-0.2, 0) is 0 Å². The monoisotopic (exact) mass is 236 g/mol. The minimum Gasteiger partial charge on any atom is -0.355 e. The number of hydrogen-bond donors (Lipinski definition) is 0. The highest BCUT2D eigenvalue weighted by atomic mass is 35.5. The van der Waals surface area contributed by atoms with Crippen LogP contribution in [0.4, 0.5) is 5.82 Å². The molecule has 0 amide bonds. The normalized spacial score (nSPS) is 16.9. The topological polar surface area (TPSA) is 33.4 Å². The summed E-state index contributed by atoms with van der Waals surface area (Å²) in [5, 5.41) is 4.70. The van der Waals surface area contributed by atoms with Gasteiger partial charge in [-0.05, 0) is 25.3 Å². The molecular weight excluding hydrogens is 224 g/mol. The average molecular weight is 237 g/mol. The lowest BCUT2D eigenvalue weighted by atomic mass is 10.1. The van der Waals surface area contributed by atoms with Crippen LogP contribution < -0.4 is 4.90 Å². The van der Waals surface area contributed by atoms with Gasteiger partial charge in [0.2, 0.25) is 0 Å². The van der Waals surface area contributed by atoms with Gasteiger partial charge in [0.15, 0.2) is 5.82 Å². The standard InChI is InChI=1S/C11H13ClN4/c12-10-8-16-9(4-5-13-16)11(14-10)15-6-2-1-3-7-15/h4-5,8H,1-3,6-7H2. The fourth-order valence-corrected chi connectivity index (χ4v) is 2.39. The first-order chi connectivity index (χ1) is 7.84. The predicted molar refractivity (Wildman–Crippen MR) is 64.1 cm³/mol. The summed E-state index contributed by atoms with van der Waals surface area (Å²) in [4.78, 5) is 6.73. The molecule has 0 aliphatic carbocycles. The molecular formula is C11H13ClN4. The van der Waals surface area contributed by atoms with Crippen LogP contribution in [0.25, 0.3) is 5.52 Å². The van der Waals surface area contributed by atoms with Gasteiger partial charge in [0.25, 0.3) is 0 Å². The van der Waals surface area contributed by atoms with Crippen molar-refractivity contribution < 1.29 is 0 Å². The summed E-state index contributed by atoms with van der Waals surface area (Å²) in [5.41, 5.74) is 1.03. The minimum atomic E-state index is 0.497. The van der Waals surface area contributed by atoms with Crippen LogP contribution >= 0.6 is 11.6 Å². The molecule has 0 spiro atoms. The van der Waals surface area contributed by atoms with E-state index < -0.39 is 0 Å². The Morgan fingerprint density at radius 3 is 2.81 bits per heavy atom. The van der Waals surface area contributed by atoms with Crippen molar-refractivity contribution in [3.8, 4) is 0 Å². The summed E-state index contributed by atoms with van der Waals surface area (Å²) >= 11 is 6.00. The molecule has 4 nitrogen and oxygen atoms in total. The highest BCUT2D eigenvalue weighted by Gasteiger charge is 2.16. The van der Waals surface area contributed by atoms with Crippen molar-refractivity contribution in [2.75, 3.05) is 18.0 Å². The maximum Gasteiger partial charge on any atom is 0.156 e.